The largest absolute Gasteiger partial charge is 0.392 e. The Balaban J connectivity index is 2.28. The summed E-state index contributed by atoms with van der Waals surface area (Å²) in [6.07, 6.45) is 4.73. The number of likely N-dealkylation sites (tertiary alicyclic amines) is 1. The van der Waals surface area contributed by atoms with Gasteiger partial charge in [-0.2, -0.15) is 11.8 Å². The number of ether oxygens (including phenoxy) is 1. The highest BCUT2D eigenvalue weighted by atomic mass is 32.2. The van der Waals surface area contributed by atoms with Gasteiger partial charge in [0.15, 0.2) is 0 Å². The number of nitrogens with zero attached hydrogens (tertiary/aromatic N) is 1. The molecule has 1 saturated heterocycles. The molecule has 0 aromatic heterocycles. The third-order valence-corrected chi connectivity index (χ3v) is 5.65. The van der Waals surface area contributed by atoms with E-state index in [4.69, 9.17) is 22.7 Å². The van der Waals surface area contributed by atoms with Gasteiger partial charge >= 0.3 is 0 Å². The van der Waals surface area contributed by atoms with Crippen LogP contribution in [0.3, 0.4) is 0 Å². The Bertz CT molecular complexity index is 332. The van der Waals surface area contributed by atoms with E-state index in [9.17, 15) is 4.79 Å². The highest BCUT2D eigenvalue weighted by Crippen LogP contribution is 2.34. The van der Waals surface area contributed by atoms with E-state index < -0.39 is 0 Å². The zero-order valence-corrected chi connectivity index (χ0v) is 13.9. The van der Waals surface area contributed by atoms with Gasteiger partial charge in [0.05, 0.1) is 16.3 Å². The maximum Gasteiger partial charge on any atom is 0.234 e. The minimum atomic E-state index is -0.0826. The molecule has 1 fully saturated rings. The van der Waals surface area contributed by atoms with Gasteiger partial charge in [0, 0.05) is 33.4 Å². The normalized spacial score (nSPS) is 18.7. The van der Waals surface area contributed by atoms with Crippen LogP contribution in [0.4, 0.5) is 0 Å². The third kappa shape index (κ3) is 5.20. The molecule has 5 nitrogen and oxygen atoms in total. The SMILES string of the molecule is COCCCNC(=O)CN1CCC(SC)(C(N)=S)CC1. The molecule has 7 heteroatoms. The van der Waals surface area contributed by atoms with Crippen molar-refractivity contribution in [1.82, 2.24) is 10.2 Å². The molecule has 116 valence electrons. The molecular formula is C13H25N3O2S2. The van der Waals surface area contributed by atoms with Crippen molar-refractivity contribution in [3.05, 3.63) is 0 Å². The van der Waals surface area contributed by atoms with Crippen LogP contribution in [-0.2, 0) is 9.53 Å². The number of methoxy groups -OCH3 is 1. The molecule has 0 atom stereocenters. The van der Waals surface area contributed by atoms with Crippen LogP contribution in [-0.4, -0.2) is 66.7 Å². The van der Waals surface area contributed by atoms with Gasteiger partial charge in [0.25, 0.3) is 0 Å². The van der Waals surface area contributed by atoms with E-state index in [-0.39, 0.29) is 10.7 Å². The lowest BCUT2D eigenvalue weighted by Crippen LogP contribution is -2.51. The summed E-state index contributed by atoms with van der Waals surface area (Å²) in [5, 5.41) is 2.91. The van der Waals surface area contributed by atoms with Crippen molar-refractivity contribution >= 4 is 34.9 Å². The van der Waals surface area contributed by atoms with Crippen molar-refractivity contribution in [2.75, 3.05) is 46.2 Å². The van der Waals surface area contributed by atoms with Gasteiger partial charge in [0.2, 0.25) is 5.91 Å². The van der Waals surface area contributed by atoms with Crippen molar-refractivity contribution in [2.24, 2.45) is 5.73 Å². The molecule has 0 radical (unpaired) electrons. The molecule has 1 aliphatic rings. The van der Waals surface area contributed by atoms with E-state index in [0.29, 0.717) is 24.7 Å². The van der Waals surface area contributed by atoms with Crippen molar-refractivity contribution in [2.45, 2.75) is 24.0 Å². The topological polar surface area (TPSA) is 67.6 Å². The number of thioether (sulfide) groups is 1. The monoisotopic (exact) mass is 319 g/mol. The number of nitrogens with two attached hydrogens (primary N) is 1. The number of hydrogen-bond acceptors (Lipinski definition) is 5. The van der Waals surface area contributed by atoms with Crippen LogP contribution >= 0.6 is 24.0 Å². The van der Waals surface area contributed by atoms with Crippen molar-refractivity contribution in [1.29, 1.82) is 0 Å². The highest BCUT2D eigenvalue weighted by Gasteiger charge is 2.36. The minimum Gasteiger partial charge on any atom is -0.392 e. The van der Waals surface area contributed by atoms with E-state index >= 15 is 0 Å². The quantitative estimate of drug-likeness (QED) is 0.505. The summed E-state index contributed by atoms with van der Waals surface area (Å²) in [4.78, 5) is 14.5. The molecule has 0 aromatic carbocycles. The standard InChI is InChI=1S/C13H25N3O2S2/c1-18-9-3-6-15-11(17)10-16-7-4-13(20-2,5-8-16)12(14)19/h3-10H2,1-2H3,(H2,14,19)(H,15,17). The van der Waals surface area contributed by atoms with Crippen LogP contribution in [0, 0.1) is 0 Å². The number of piperidine rings is 1. The predicted octanol–water partition coefficient (Wildman–Crippen LogP) is 0.623. The number of amides is 1. The summed E-state index contributed by atoms with van der Waals surface area (Å²) >= 11 is 6.92. The number of carbonyl (C=O) groups is 1. The van der Waals surface area contributed by atoms with Gasteiger partial charge in [-0.3, -0.25) is 9.69 Å². The lowest BCUT2D eigenvalue weighted by Gasteiger charge is -2.39. The second kappa shape index (κ2) is 8.81. The Morgan fingerprint density at radius 1 is 1.50 bits per heavy atom. The Labute approximate surface area is 131 Å². The first-order valence-corrected chi connectivity index (χ1v) is 8.50. The number of rotatable bonds is 8. The first kappa shape index (κ1) is 17.7. The van der Waals surface area contributed by atoms with Gasteiger partial charge in [-0.25, -0.2) is 0 Å². The maximum atomic E-state index is 11.8. The molecule has 1 heterocycles. The summed E-state index contributed by atoms with van der Waals surface area (Å²) in [5.41, 5.74) is 5.85. The lowest BCUT2D eigenvalue weighted by atomic mass is 9.95. The first-order chi connectivity index (χ1) is 9.54. The van der Waals surface area contributed by atoms with E-state index in [1.54, 1.807) is 18.9 Å². The molecular weight excluding hydrogens is 294 g/mol. The van der Waals surface area contributed by atoms with E-state index in [1.807, 2.05) is 0 Å². The van der Waals surface area contributed by atoms with Gasteiger partial charge in [-0.15, -0.1) is 0 Å². The van der Waals surface area contributed by atoms with Crippen LogP contribution < -0.4 is 11.1 Å². The van der Waals surface area contributed by atoms with Crippen LogP contribution in [0.25, 0.3) is 0 Å². The third-order valence-electron chi connectivity index (χ3n) is 3.72. The van der Waals surface area contributed by atoms with Crippen molar-refractivity contribution in [3.63, 3.8) is 0 Å². The zero-order chi connectivity index (χ0) is 15.0. The molecule has 1 aliphatic heterocycles. The molecule has 0 aromatic rings. The zero-order valence-electron chi connectivity index (χ0n) is 12.3. The molecule has 0 unspecified atom stereocenters. The lowest BCUT2D eigenvalue weighted by molar-refractivity contribution is -0.122. The Hall–Kier alpha value is -0.370. The molecule has 0 aliphatic carbocycles. The Morgan fingerprint density at radius 2 is 2.15 bits per heavy atom. The summed E-state index contributed by atoms with van der Waals surface area (Å²) in [7, 11) is 1.66. The molecule has 20 heavy (non-hydrogen) atoms. The molecule has 0 spiro atoms. The average Bonchev–Trinajstić information content (AvgIpc) is 2.44. The molecule has 1 amide bonds. The first-order valence-electron chi connectivity index (χ1n) is 6.87. The van der Waals surface area contributed by atoms with E-state index in [2.05, 4.69) is 16.5 Å². The number of carbonyl (C=O) groups excluding carboxylic acids is 1. The number of hydrogen-bond donors (Lipinski definition) is 2. The minimum absolute atomic E-state index is 0.0769. The second-order valence-electron chi connectivity index (χ2n) is 5.04. The van der Waals surface area contributed by atoms with E-state index in [1.165, 1.54) is 0 Å². The summed E-state index contributed by atoms with van der Waals surface area (Å²) in [6, 6.07) is 0. The average molecular weight is 319 g/mol. The van der Waals surface area contributed by atoms with Crippen molar-refractivity contribution in [3.8, 4) is 0 Å². The summed E-state index contributed by atoms with van der Waals surface area (Å²) in [6.45, 7) is 3.53. The molecule has 3 N–H and O–H groups in total. The van der Waals surface area contributed by atoms with Crippen LogP contribution in [0.2, 0.25) is 0 Å². The van der Waals surface area contributed by atoms with Gasteiger partial charge in [0.1, 0.15) is 0 Å². The van der Waals surface area contributed by atoms with Crippen LogP contribution in [0.5, 0.6) is 0 Å². The Kier molecular flexibility index (Phi) is 7.79. The summed E-state index contributed by atoms with van der Waals surface area (Å²) in [5.74, 6) is 0.0769. The fourth-order valence-electron chi connectivity index (χ4n) is 2.33. The molecule has 0 saturated carbocycles. The molecule has 0 bridgehead atoms. The predicted molar refractivity (Wildman–Crippen MR) is 88.2 cm³/mol. The van der Waals surface area contributed by atoms with Gasteiger partial charge < -0.3 is 15.8 Å². The second-order valence-corrected chi connectivity index (χ2v) is 6.66. The van der Waals surface area contributed by atoms with Gasteiger partial charge in [-0.1, -0.05) is 12.2 Å². The Morgan fingerprint density at radius 3 is 2.65 bits per heavy atom. The highest BCUT2D eigenvalue weighted by molar-refractivity contribution is 8.02. The summed E-state index contributed by atoms with van der Waals surface area (Å²) < 4.78 is 4.86. The van der Waals surface area contributed by atoms with E-state index in [0.717, 1.165) is 32.4 Å². The smallest absolute Gasteiger partial charge is 0.234 e. The van der Waals surface area contributed by atoms with Crippen LogP contribution in [0.1, 0.15) is 19.3 Å². The van der Waals surface area contributed by atoms with Gasteiger partial charge in [-0.05, 0) is 25.5 Å². The van der Waals surface area contributed by atoms with Crippen molar-refractivity contribution < 1.29 is 9.53 Å². The number of thiocarbonyl (C=S) groups is 1. The fraction of sp³-hybridized carbons (Fsp3) is 0.846. The molecule has 1 rings (SSSR count). The maximum absolute atomic E-state index is 11.8. The van der Waals surface area contributed by atoms with Crippen LogP contribution in [0.15, 0.2) is 0 Å². The number of nitrogens with one attached hydrogen (secondary N) is 1. The fourth-order valence-corrected chi connectivity index (χ4v) is 3.57.